The number of anilines is 1. The van der Waals surface area contributed by atoms with E-state index in [9.17, 15) is 13.6 Å². The van der Waals surface area contributed by atoms with E-state index in [1.165, 1.54) is 60.9 Å². The van der Waals surface area contributed by atoms with Crippen LogP contribution in [0, 0.1) is 24.5 Å². The van der Waals surface area contributed by atoms with Gasteiger partial charge in [0.05, 0.1) is 12.7 Å². The second kappa shape index (κ2) is 10.7. The van der Waals surface area contributed by atoms with Crippen molar-refractivity contribution in [2.24, 2.45) is 5.92 Å². The van der Waals surface area contributed by atoms with E-state index in [1.54, 1.807) is 0 Å². The number of nitrogens with zero attached hydrogens (tertiary/aromatic N) is 2. The zero-order valence-corrected chi connectivity index (χ0v) is 18.3. The highest BCUT2D eigenvalue weighted by atomic mass is 35.5. The summed E-state index contributed by atoms with van der Waals surface area (Å²) < 4.78 is 29.3. The number of aromatic nitrogens is 2. The molecular formula is C22H24ClF2N3OS. The molecule has 0 unspecified atom stereocenters. The molecule has 0 atom stereocenters. The third-order valence-corrected chi connectivity index (χ3v) is 6.23. The van der Waals surface area contributed by atoms with Gasteiger partial charge in [0.15, 0.2) is 5.13 Å². The molecule has 4 rings (SSSR count). The Balaban J connectivity index is 0.000000239. The predicted molar refractivity (Wildman–Crippen MR) is 117 cm³/mol. The van der Waals surface area contributed by atoms with Crippen molar-refractivity contribution < 1.29 is 13.6 Å². The molecule has 2 aromatic heterocycles. The van der Waals surface area contributed by atoms with Crippen LogP contribution in [0.2, 0.25) is 4.34 Å². The van der Waals surface area contributed by atoms with Crippen molar-refractivity contribution in [1.29, 1.82) is 0 Å². The van der Waals surface area contributed by atoms with Crippen molar-refractivity contribution in [3.8, 4) is 0 Å². The molecule has 0 saturated heterocycles. The molecular weight excluding hydrogens is 428 g/mol. The number of hydrogen-bond acceptors (Lipinski definition) is 3. The van der Waals surface area contributed by atoms with E-state index >= 15 is 0 Å². The van der Waals surface area contributed by atoms with Crippen molar-refractivity contribution in [2.45, 2.75) is 45.6 Å². The monoisotopic (exact) mass is 451 g/mol. The van der Waals surface area contributed by atoms with Crippen LogP contribution in [0.15, 0.2) is 36.7 Å². The number of amides is 1. The Morgan fingerprint density at radius 3 is 2.70 bits per heavy atom. The van der Waals surface area contributed by atoms with Crippen molar-refractivity contribution in [1.82, 2.24) is 9.55 Å². The van der Waals surface area contributed by atoms with E-state index in [2.05, 4.69) is 27.1 Å². The number of rotatable bonds is 6. The topological polar surface area (TPSA) is 46.9 Å². The van der Waals surface area contributed by atoms with E-state index in [1.807, 2.05) is 6.92 Å². The van der Waals surface area contributed by atoms with Crippen molar-refractivity contribution >= 4 is 34.5 Å². The number of benzene rings is 1. The number of carbonyl (C=O) groups is 1. The van der Waals surface area contributed by atoms with Gasteiger partial charge in [-0.1, -0.05) is 54.7 Å². The third kappa shape index (κ3) is 6.37. The highest BCUT2D eigenvalue weighted by Crippen LogP contribution is 2.28. The Kier molecular flexibility index (Phi) is 7.99. The highest BCUT2D eigenvalue weighted by Gasteiger charge is 2.16. The van der Waals surface area contributed by atoms with Gasteiger partial charge in [-0.15, -0.1) is 0 Å². The van der Waals surface area contributed by atoms with E-state index in [-0.39, 0.29) is 0 Å². The first kappa shape index (κ1) is 22.4. The molecule has 1 saturated carbocycles. The lowest BCUT2D eigenvalue weighted by molar-refractivity contribution is -0.105. The second-order valence-corrected chi connectivity index (χ2v) is 9.10. The Morgan fingerprint density at radius 1 is 1.30 bits per heavy atom. The van der Waals surface area contributed by atoms with Crippen molar-refractivity contribution in [3.05, 3.63) is 69.5 Å². The average molecular weight is 452 g/mol. The Bertz CT molecular complexity index is 983. The van der Waals surface area contributed by atoms with Crippen molar-refractivity contribution in [3.63, 3.8) is 0 Å². The van der Waals surface area contributed by atoms with Crippen LogP contribution in [0.3, 0.4) is 0 Å². The molecule has 0 aliphatic heterocycles. The molecule has 4 nitrogen and oxygen atoms in total. The average Bonchev–Trinajstić information content (AvgIpc) is 3.42. The van der Waals surface area contributed by atoms with E-state index in [4.69, 9.17) is 11.6 Å². The quantitative estimate of drug-likeness (QED) is 0.452. The number of carbonyl (C=O) groups excluding carboxylic acids is 1. The number of halogens is 3. The van der Waals surface area contributed by atoms with Gasteiger partial charge < -0.3 is 9.88 Å². The molecule has 0 bridgehead atoms. The Labute approximate surface area is 183 Å². The zero-order valence-electron chi connectivity index (χ0n) is 16.7. The van der Waals surface area contributed by atoms with Crippen LogP contribution in [-0.4, -0.2) is 16.0 Å². The fraction of sp³-hybridized carbons (Fsp3) is 0.364. The second-order valence-electron chi connectivity index (χ2n) is 7.44. The van der Waals surface area contributed by atoms with Gasteiger partial charge in [0.2, 0.25) is 6.41 Å². The number of thiazole rings is 1. The minimum absolute atomic E-state index is 0.461. The maximum atomic E-state index is 13.7. The first-order valence-electron chi connectivity index (χ1n) is 9.85. The molecule has 1 aromatic carbocycles. The van der Waals surface area contributed by atoms with Gasteiger partial charge in [-0.25, -0.2) is 13.8 Å². The largest absolute Gasteiger partial charge is 0.347 e. The van der Waals surface area contributed by atoms with Gasteiger partial charge in [-0.3, -0.25) is 4.79 Å². The summed E-state index contributed by atoms with van der Waals surface area (Å²) in [6.45, 7) is 2.50. The fourth-order valence-corrected chi connectivity index (χ4v) is 4.50. The number of hydrogen-bond donors (Lipinski definition) is 1. The molecule has 1 fully saturated rings. The maximum absolute atomic E-state index is 13.7. The van der Waals surface area contributed by atoms with Crippen LogP contribution in [0.5, 0.6) is 0 Å². The van der Waals surface area contributed by atoms with Crippen LogP contribution in [0.25, 0.3) is 0 Å². The lowest BCUT2D eigenvalue weighted by Gasteiger charge is -2.08. The lowest BCUT2D eigenvalue weighted by Crippen LogP contribution is -2.03. The molecule has 0 radical (unpaired) electrons. The fourth-order valence-electron chi connectivity index (χ4n) is 3.73. The number of nitrogens with one attached hydrogen (secondary N) is 1. The molecule has 1 N–H and O–H groups in total. The molecule has 1 aliphatic carbocycles. The molecule has 0 spiro atoms. The smallest absolute Gasteiger partial charge is 0.213 e. The molecule has 1 aliphatic rings. The molecule has 3 aromatic rings. The Morgan fingerprint density at radius 2 is 2.07 bits per heavy atom. The summed E-state index contributed by atoms with van der Waals surface area (Å²) in [7, 11) is 0. The summed E-state index contributed by atoms with van der Waals surface area (Å²) in [6, 6.07) is 5.99. The molecule has 30 heavy (non-hydrogen) atoms. The molecule has 160 valence electrons. The van der Waals surface area contributed by atoms with Gasteiger partial charge in [0.25, 0.3) is 0 Å². The van der Waals surface area contributed by atoms with Gasteiger partial charge in [0.1, 0.15) is 16.0 Å². The van der Waals surface area contributed by atoms with Crippen LogP contribution in [-0.2, 0) is 17.8 Å². The van der Waals surface area contributed by atoms with Crippen molar-refractivity contribution in [2.75, 3.05) is 5.32 Å². The summed E-state index contributed by atoms with van der Waals surface area (Å²) in [5.74, 6) is -0.189. The SMILES string of the molecule is Cc1cc(CC2CCCC2)cn1Cc1ccc(F)cc1F.O=CNc1ncc(Cl)s1. The summed E-state index contributed by atoms with van der Waals surface area (Å²) in [5.41, 5.74) is 3.00. The first-order chi connectivity index (χ1) is 14.4. The first-order valence-corrected chi connectivity index (χ1v) is 11.0. The summed E-state index contributed by atoms with van der Waals surface area (Å²) >= 11 is 6.72. The summed E-state index contributed by atoms with van der Waals surface area (Å²) in [6.07, 6.45) is 10.7. The van der Waals surface area contributed by atoms with Crippen LogP contribution < -0.4 is 5.32 Å². The van der Waals surface area contributed by atoms with Crippen LogP contribution in [0.1, 0.15) is 42.5 Å². The summed E-state index contributed by atoms with van der Waals surface area (Å²) in [5, 5.41) is 2.89. The van der Waals surface area contributed by atoms with Gasteiger partial charge >= 0.3 is 0 Å². The normalized spacial score (nSPS) is 13.7. The van der Waals surface area contributed by atoms with E-state index in [0.717, 1.165) is 24.1 Å². The minimum atomic E-state index is -0.526. The van der Waals surface area contributed by atoms with Crippen LogP contribution >= 0.6 is 22.9 Å². The highest BCUT2D eigenvalue weighted by molar-refractivity contribution is 7.19. The molecule has 2 heterocycles. The van der Waals surface area contributed by atoms with Gasteiger partial charge in [-0.05, 0) is 37.0 Å². The van der Waals surface area contributed by atoms with Gasteiger partial charge in [0, 0.05) is 23.5 Å². The van der Waals surface area contributed by atoms with Gasteiger partial charge in [-0.2, -0.15) is 0 Å². The van der Waals surface area contributed by atoms with E-state index in [0.29, 0.717) is 28.0 Å². The summed E-state index contributed by atoms with van der Waals surface area (Å²) in [4.78, 5) is 13.5. The molecule has 8 heteroatoms. The van der Waals surface area contributed by atoms with Crippen LogP contribution in [0.4, 0.5) is 13.9 Å². The predicted octanol–water partition coefficient (Wildman–Crippen LogP) is 6.22. The Hall–Kier alpha value is -2.25. The zero-order chi connectivity index (χ0) is 21.5. The lowest BCUT2D eigenvalue weighted by atomic mass is 10.00. The number of aryl methyl sites for hydroxylation is 1. The molecule has 1 amide bonds. The standard InChI is InChI=1S/C18H21F2N.C4H3ClN2OS/c1-13-8-15(9-14-4-2-3-5-14)11-21(13)12-16-6-7-17(19)10-18(16)20;5-3-1-6-4(9-3)7-2-8/h6-8,10-11,14H,2-5,9,12H2,1H3;1-2H,(H,6,7,8). The maximum Gasteiger partial charge on any atom is 0.213 e. The minimum Gasteiger partial charge on any atom is -0.347 e. The third-order valence-electron chi connectivity index (χ3n) is 5.18. The van der Waals surface area contributed by atoms with E-state index < -0.39 is 11.6 Å².